The fourth-order valence-corrected chi connectivity index (χ4v) is 21.4. The van der Waals surface area contributed by atoms with Gasteiger partial charge >= 0.3 is 144 Å². The topological polar surface area (TPSA) is 0 Å². The molecule has 113 valence electrons. The molecule has 0 bridgehead atoms. The van der Waals surface area contributed by atoms with Crippen LogP contribution in [0.4, 0.5) is 0 Å². The Morgan fingerprint density at radius 3 is 1.82 bits per heavy atom. The van der Waals surface area contributed by atoms with E-state index in [4.69, 9.17) is 0 Å². The van der Waals surface area contributed by atoms with E-state index in [9.17, 15) is 0 Å². The van der Waals surface area contributed by atoms with Crippen LogP contribution in [-0.4, -0.2) is 8.07 Å². The zero-order valence-corrected chi connectivity index (χ0v) is 17.3. The summed E-state index contributed by atoms with van der Waals surface area (Å²) in [5, 5.41) is 0. The van der Waals surface area contributed by atoms with Crippen LogP contribution in [0.15, 0.2) is 73.3 Å². The minimum atomic E-state index is -1.86. The van der Waals surface area contributed by atoms with Crippen molar-refractivity contribution in [3.8, 4) is 0 Å². The molecule has 3 rings (SSSR count). The third-order valence-electron chi connectivity index (χ3n) is 4.52. The van der Waals surface area contributed by atoms with E-state index >= 15 is 0 Å². The van der Waals surface area contributed by atoms with Gasteiger partial charge in [0.25, 0.3) is 0 Å². The fraction of sp³-hybridized carbons (Fsp3) is 0.300. The molecule has 1 aromatic rings. The molecule has 0 saturated heterocycles. The minimum absolute atomic E-state index is 0.841. The maximum absolute atomic E-state index is 2.57. The van der Waals surface area contributed by atoms with Gasteiger partial charge in [0.2, 0.25) is 0 Å². The van der Waals surface area contributed by atoms with Crippen molar-refractivity contribution in [2.45, 2.75) is 35.7 Å². The summed E-state index contributed by atoms with van der Waals surface area (Å²) in [7, 11) is -1.28. The average Bonchev–Trinajstić information content (AvgIpc) is 3.18. The number of hydrogen-bond acceptors (Lipinski definition) is 0. The SMILES string of the molecule is C[Si](C)(C)[CH](c1ccccc1)[Zr]([C]1=CC=CC1)[C]1=CC=CC1. The molecule has 0 aromatic heterocycles. The normalized spacial score (nSPS) is 18.3. The van der Waals surface area contributed by atoms with Crippen LogP contribution in [-0.2, 0) is 21.8 Å². The Bertz CT molecular complexity index is 614. The molecule has 0 aliphatic heterocycles. The quantitative estimate of drug-likeness (QED) is 0.553. The summed E-state index contributed by atoms with van der Waals surface area (Å²) in [4.78, 5) is 0. The molecule has 0 saturated carbocycles. The van der Waals surface area contributed by atoms with Crippen LogP contribution in [0.2, 0.25) is 19.6 Å². The maximum atomic E-state index is 2.57. The molecule has 0 spiro atoms. The van der Waals surface area contributed by atoms with Gasteiger partial charge in [0.1, 0.15) is 0 Å². The average molecular weight is 385 g/mol. The van der Waals surface area contributed by atoms with Crippen LogP contribution in [0.3, 0.4) is 0 Å². The van der Waals surface area contributed by atoms with Gasteiger partial charge in [-0.3, -0.25) is 0 Å². The predicted molar refractivity (Wildman–Crippen MR) is 96.2 cm³/mol. The van der Waals surface area contributed by atoms with Crippen LogP contribution in [0.5, 0.6) is 0 Å². The van der Waals surface area contributed by atoms with Crippen molar-refractivity contribution in [2.24, 2.45) is 0 Å². The first kappa shape index (κ1) is 16.1. The van der Waals surface area contributed by atoms with Crippen LogP contribution < -0.4 is 0 Å². The van der Waals surface area contributed by atoms with Gasteiger partial charge in [0.15, 0.2) is 0 Å². The van der Waals surface area contributed by atoms with E-state index in [1.807, 2.05) is 0 Å². The predicted octanol–water partition coefficient (Wildman–Crippen LogP) is 5.91. The standard InChI is InChI=1S/C10H15Si.2C5H5.Zr/c1-11(2,3)9-10-7-5-4-6-8-10;2*1-2-4-5-3-1;/h4-9H,1-3H3;2*1-3H,4H2;. The summed E-state index contributed by atoms with van der Waals surface area (Å²) in [5.74, 6) is 0. The van der Waals surface area contributed by atoms with Crippen LogP contribution in [0, 0.1) is 0 Å². The molecule has 1 unspecified atom stereocenters. The summed E-state index contributed by atoms with van der Waals surface area (Å²) in [5.41, 5.74) is 1.61. The Morgan fingerprint density at radius 2 is 1.41 bits per heavy atom. The van der Waals surface area contributed by atoms with Gasteiger partial charge in [-0.1, -0.05) is 0 Å². The molecule has 0 radical (unpaired) electrons. The van der Waals surface area contributed by atoms with E-state index in [-0.39, 0.29) is 0 Å². The molecule has 1 atom stereocenters. The summed E-state index contributed by atoms with van der Waals surface area (Å²) in [6.07, 6.45) is 16.6. The Kier molecular flexibility index (Phi) is 5.00. The summed E-state index contributed by atoms with van der Waals surface area (Å²) in [6, 6.07) is 11.4. The van der Waals surface area contributed by atoms with Crippen molar-refractivity contribution in [3.63, 3.8) is 0 Å². The number of hydrogen-bond donors (Lipinski definition) is 0. The summed E-state index contributed by atoms with van der Waals surface area (Å²) >= 11 is -1.86. The second-order valence-electron chi connectivity index (χ2n) is 7.27. The molecule has 22 heavy (non-hydrogen) atoms. The third kappa shape index (κ3) is 3.44. The van der Waals surface area contributed by atoms with Crippen LogP contribution in [0.1, 0.15) is 21.7 Å². The summed E-state index contributed by atoms with van der Waals surface area (Å²) in [6.45, 7) is 7.70. The van der Waals surface area contributed by atoms with Gasteiger partial charge in [0, 0.05) is 0 Å². The van der Waals surface area contributed by atoms with Crippen molar-refractivity contribution < 1.29 is 21.8 Å². The van der Waals surface area contributed by atoms with E-state index in [0.29, 0.717) is 0 Å². The van der Waals surface area contributed by atoms with Gasteiger partial charge in [-0.25, -0.2) is 0 Å². The second kappa shape index (κ2) is 6.81. The Hall–Kier alpha value is -0.720. The van der Waals surface area contributed by atoms with Gasteiger partial charge in [-0.05, 0) is 0 Å². The number of allylic oxidation sites excluding steroid dienone is 8. The van der Waals surface area contributed by atoms with E-state index in [2.05, 4.69) is 86.4 Å². The van der Waals surface area contributed by atoms with Gasteiger partial charge < -0.3 is 0 Å². The van der Waals surface area contributed by atoms with Gasteiger partial charge in [0.05, 0.1) is 0 Å². The fourth-order valence-electron chi connectivity index (χ4n) is 3.62. The molecule has 2 heteroatoms. The molecular formula is C20H25SiZr. The summed E-state index contributed by atoms with van der Waals surface area (Å²) < 4.78 is 4.44. The molecule has 1 aromatic carbocycles. The van der Waals surface area contributed by atoms with E-state index in [1.165, 1.54) is 12.8 Å². The van der Waals surface area contributed by atoms with E-state index < -0.39 is 29.8 Å². The zero-order valence-electron chi connectivity index (χ0n) is 13.8. The van der Waals surface area contributed by atoms with Crippen molar-refractivity contribution in [2.75, 3.05) is 0 Å². The Balaban J connectivity index is 2.05. The van der Waals surface area contributed by atoms with Crippen LogP contribution in [0.25, 0.3) is 0 Å². The molecule has 0 nitrogen and oxygen atoms in total. The first-order chi connectivity index (χ1) is 10.6. The van der Waals surface area contributed by atoms with E-state index in [0.717, 1.165) is 3.25 Å². The van der Waals surface area contributed by atoms with Crippen molar-refractivity contribution in [1.82, 2.24) is 0 Å². The molecule has 2 aliphatic carbocycles. The number of rotatable bonds is 5. The van der Waals surface area contributed by atoms with Crippen LogP contribution >= 0.6 is 0 Å². The molecular weight excluding hydrogens is 360 g/mol. The van der Waals surface area contributed by atoms with Crippen molar-refractivity contribution in [3.05, 3.63) is 78.9 Å². The Labute approximate surface area is 144 Å². The molecule has 0 amide bonds. The second-order valence-corrected chi connectivity index (χ2v) is 20.6. The first-order valence-electron chi connectivity index (χ1n) is 8.21. The van der Waals surface area contributed by atoms with Gasteiger partial charge in [-0.15, -0.1) is 0 Å². The van der Waals surface area contributed by atoms with Gasteiger partial charge in [-0.2, -0.15) is 0 Å². The van der Waals surface area contributed by atoms with Crippen molar-refractivity contribution >= 4 is 8.07 Å². The Morgan fingerprint density at radius 1 is 0.864 bits per heavy atom. The molecule has 2 aliphatic rings. The monoisotopic (exact) mass is 383 g/mol. The van der Waals surface area contributed by atoms with E-state index in [1.54, 1.807) is 12.1 Å². The molecule has 0 N–H and O–H groups in total. The molecule has 0 heterocycles. The van der Waals surface area contributed by atoms with Crippen molar-refractivity contribution in [1.29, 1.82) is 0 Å². The third-order valence-corrected chi connectivity index (χ3v) is 22.1. The first-order valence-corrected chi connectivity index (χ1v) is 15.7. The zero-order chi connectivity index (χ0) is 15.6. The molecule has 0 fully saturated rings. The number of benzene rings is 1.